The fraction of sp³-hybridized carbons (Fsp3) is 0.857. The first kappa shape index (κ1) is 12.3. The summed E-state index contributed by atoms with van der Waals surface area (Å²) in [6.45, 7) is 0.221. The minimum atomic E-state index is -5.44. The van der Waals surface area contributed by atoms with Gasteiger partial charge in [-0.3, -0.25) is 0 Å². The van der Waals surface area contributed by atoms with E-state index >= 15 is 0 Å². The van der Waals surface area contributed by atoms with Crippen molar-refractivity contribution in [3.8, 4) is 0 Å². The zero-order valence-corrected chi connectivity index (χ0v) is 8.88. The molecule has 0 aromatic carbocycles. The molecule has 4 nitrogen and oxygen atoms in total. The monoisotopic (exact) mass is 244 g/mol. The van der Waals surface area contributed by atoms with Crippen LogP contribution in [0.2, 0.25) is 6.04 Å². The molecular weight excluding hydrogens is 233 g/mol. The quantitative estimate of drug-likeness (QED) is 0.309. The van der Waals surface area contributed by atoms with Gasteiger partial charge in [-0.05, 0) is 6.42 Å². The summed E-state index contributed by atoms with van der Waals surface area (Å²) in [6, 6.07) is -0.728. The van der Waals surface area contributed by atoms with Gasteiger partial charge in [-0.25, -0.2) is 17.1 Å². The molecule has 0 N–H and O–H groups in total. The summed E-state index contributed by atoms with van der Waals surface area (Å²) in [5.41, 5.74) is 0. The van der Waals surface area contributed by atoms with Crippen molar-refractivity contribution >= 4 is 15.2 Å². The van der Waals surface area contributed by atoms with E-state index in [2.05, 4.69) is 9.47 Å². The highest BCUT2D eigenvalue weighted by molar-refractivity contribution is 6.58. The summed E-state index contributed by atoms with van der Waals surface area (Å²) in [4.78, 5) is 10.4. The van der Waals surface area contributed by atoms with Crippen LogP contribution >= 0.6 is 0 Å². The van der Waals surface area contributed by atoms with Crippen LogP contribution in [-0.2, 0) is 14.2 Å². The molecule has 1 saturated heterocycles. The number of ether oxygens (including phenoxy) is 3. The van der Waals surface area contributed by atoms with Crippen LogP contribution in [0.4, 0.5) is 17.1 Å². The first-order valence-electron chi connectivity index (χ1n) is 4.45. The fourth-order valence-electron chi connectivity index (χ4n) is 1.04. The van der Waals surface area contributed by atoms with Gasteiger partial charge < -0.3 is 14.2 Å². The number of cyclic esters (lactones) is 2. The van der Waals surface area contributed by atoms with Crippen LogP contribution in [0.5, 0.6) is 0 Å². The molecule has 1 fully saturated rings. The van der Waals surface area contributed by atoms with Gasteiger partial charge in [-0.1, -0.05) is 0 Å². The molecule has 0 aliphatic carbocycles. The molecule has 1 aliphatic heterocycles. The van der Waals surface area contributed by atoms with Crippen molar-refractivity contribution in [2.75, 3.05) is 19.8 Å². The van der Waals surface area contributed by atoms with Crippen molar-refractivity contribution in [3.63, 3.8) is 0 Å². The smallest absolute Gasteiger partial charge is 0.430 e. The van der Waals surface area contributed by atoms with Gasteiger partial charge in [0, 0.05) is 12.7 Å². The van der Waals surface area contributed by atoms with E-state index in [1.807, 2.05) is 0 Å². The van der Waals surface area contributed by atoms with Crippen LogP contribution in [0.25, 0.3) is 0 Å². The molecule has 0 bridgehead atoms. The fourth-order valence-corrected chi connectivity index (χ4v) is 1.58. The molecule has 0 spiro atoms. The van der Waals surface area contributed by atoms with Gasteiger partial charge in [-0.15, -0.1) is 0 Å². The van der Waals surface area contributed by atoms with Crippen LogP contribution in [0.15, 0.2) is 0 Å². The summed E-state index contributed by atoms with van der Waals surface area (Å²) in [7, 11) is -5.44. The Hall–Kier alpha value is -0.763. The normalized spacial score (nSPS) is 21.3. The Morgan fingerprint density at radius 3 is 2.73 bits per heavy atom. The van der Waals surface area contributed by atoms with Gasteiger partial charge >= 0.3 is 15.2 Å². The van der Waals surface area contributed by atoms with Gasteiger partial charge in [0.05, 0.1) is 6.61 Å². The molecule has 1 unspecified atom stereocenters. The third-order valence-electron chi connectivity index (χ3n) is 1.70. The average Bonchev–Trinajstić information content (AvgIpc) is 2.49. The number of hydrogen-bond donors (Lipinski definition) is 0. The lowest BCUT2D eigenvalue weighted by Crippen LogP contribution is -2.19. The van der Waals surface area contributed by atoms with Crippen LogP contribution in [0.1, 0.15) is 6.42 Å². The second-order valence-corrected chi connectivity index (χ2v) is 4.82. The number of carbonyl (C=O) groups is 1. The Morgan fingerprint density at radius 1 is 1.47 bits per heavy atom. The molecule has 0 radical (unpaired) electrons. The third-order valence-corrected chi connectivity index (χ3v) is 2.62. The van der Waals surface area contributed by atoms with Gasteiger partial charge in [0.1, 0.15) is 6.61 Å². The number of hydrogen-bond acceptors (Lipinski definition) is 4. The highest BCUT2D eigenvalue weighted by Gasteiger charge is 2.35. The molecule has 0 aromatic rings. The molecule has 88 valence electrons. The number of rotatable bonds is 6. The van der Waals surface area contributed by atoms with E-state index in [0.717, 1.165) is 0 Å². The van der Waals surface area contributed by atoms with Gasteiger partial charge in [0.2, 0.25) is 0 Å². The van der Waals surface area contributed by atoms with E-state index in [1.54, 1.807) is 0 Å². The van der Waals surface area contributed by atoms with Crippen molar-refractivity contribution in [1.29, 1.82) is 0 Å². The molecular formula is C7H11F3O4Si. The third kappa shape index (κ3) is 5.63. The summed E-state index contributed by atoms with van der Waals surface area (Å²) >= 11 is 0. The number of carbonyl (C=O) groups excluding carboxylic acids is 1. The Morgan fingerprint density at radius 2 is 2.20 bits per heavy atom. The first-order valence-corrected chi connectivity index (χ1v) is 6.29. The predicted octanol–water partition coefficient (Wildman–Crippen LogP) is 1.78. The van der Waals surface area contributed by atoms with Crippen molar-refractivity contribution < 1.29 is 31.3 Å². The van der Waals surface area contributed by atoms with E-state index in [-0.39, 0.29) is 26.2 Å². The minimum absolute atomic E-state index is 0.0283. The maximum Gasteiger partial charge on any atom is 0.616 e. The van der Waals surface area contributed by atoms with E-state index in [1.165, 1.54) is 0 Å². The highest BCUT2D eigenvalue weighted by Crippen LogP contribution is 2.16. The van der Waals surface area contributed by atoms with E-state index < -0.39 is 27.4 Å². The van der Waals surface area contributed by atoms with Crippen LogP contribution in [0.3, 0.4) is 0 Å². The molecule has 8 heteroatoms. The van der Waals surface area contributed by atoms with E-state index in [4.69, 9.17) is 4.74 Å². The van der Waals surface area contributed by atoms with Crippen molar-refractivity contribution in [3.05, 3.63) is 0 Å². The topological polar surface area (TPSA) is 44.8 Å². The van der Waals surface area contributed by atoms with Gasteiger partial charge in [0.25, 0.3) is 0 Å². The molecule has 0 aromatic heterocycles. The Bertz CT molecular complexity index is 221. The molecule has 0 saturated carbocycles. The summed E-state index contributed by atoms with van der Waals surface area (Å²) < 4.78 is 49.5. The van der Waals surface area contributed by atoms with Crippen molar-refractivity contribution in [2.24, 2.45) is 0 Å². The van der Waals surface area contributed by atoms with Crippen LogP contribution in [-0.4, -0.2) is 41.2 Å². The number of halogens is 3. The second-order valence-electron chi connectivity index (χ2n) is 3.09. The molecule has 1 aliphatic rings. The molecule has 15 heavy (non-hydrogen) atoms. The summed E-state index contributed by atoms with van der Waals surface area (Å²) in [5.74, 6) is 0. The zero-order valence-electron chi connectivity index (χ0n) is 7.88. The lowest BCUT2D eigenvalue weighted by atomic mass is 10.4. The summed E-state index contributed by atoms with van der Waals surface area (Å²) in [5, 5.41) is 0. The average molecular weight is 244 g/mol. The maximum atomic E-state index is 11.8. The highest BCUT2D eigenvalue weighted by atomic mass is 28.5. The molecule has 1 rings (SSSR count). The Kier molecular flexibility index (Phi) is 4.39. The molecule has 1 heterocycles. The van der Waals surface area contributed by atoms with Gasteiger partial charge in [0.15, 0.2) is 6.10 Å². The van der Waals surface area contributed by atoms with Crippen LogP contribution < -0.4 is 0 Å². The van der Waals surface area contributed by atoms with Gasteiger partial charge in [-0.2, -0.15) is 0 Å². The predicted molar refractivity (Wildman–Crippen MR) is 45.5 cm³/mol. The largest absolute Gasteiger partial charge is 0.616 e. The molecule has 0 amide bonds. The first-order chi connectivity index (χ1) is 6.97. The SMILES string of the molecule is O=C1OCC(COCCC[Si](F)(F)F)O1. The Balaban J connectivity index is 1.95. The second kappa shape index (κ2) is 5.36. The van der Waals surface area contributed by atoms with E-state index in [0.29, 0.717) is 0 Å². The molecule has 1 atom stereocenters. The lowest BCUT2D eigenvalue weighted by molar-refractivity contribution is 0.0458. The maximum absolute atomic E-state index is 11.8. The standard InChI is InChI=1S/C7H11F3O4Si/c8-15(9,10)3-1-2-12-4-6-5-13-7(11)14-6/h6H,1-5H2. The van der Waals surface area contributed by atoms with Crippen molar-refractivity contribution in [2.45, 2.75) is 18.6 Å². The minimum Gasteiger partial charge on any atom is -0.430 e. The zero-order chi connectivity index (χ0) is 11.3. The van der Waals surface area contributed by atoms with Crippen molar-refractivity contribution in [1.82, 2.24) is 0 Å². The van der Waals surface area contributed by atoms with Crippen LogP contribution in [0, 0.1) is 0 Å². The Labute approximate surface area is 85.8 Å². The lowest BCUT2D eigenvalue weighted by Gasteiger charge is -2.07. The summed E-state index contributed by atoms with van der Waals surface area (Å²) in [6.07, 6.45) is -1.27. The van der Waals surface area contributed by atoms with E-state index in [9.17, 15) is 17.1 Å².